The van der Waals surface area contributed by atoms with Crippen LogP contribution in [0.25, 0.3) is 22.6 Å². The van der Waals surface area contributed by atoms with E-state index in [1.165, 1.54) is 11.6 Å². The molecule has 4 aromatic rings. The lowest BCUT2D eigenvalue weighted by molar-refractivity contribution is 0.485. The number of hydrogen-bond donors (Lipinski definition) is 0. The molecular weight excluding hydrogens is 397 g/mol. The number of halogens is 1. The van der Waals surface area contributed by atoms with E-state index in [4.69, 9.17) is 5.26 Å². The summed E-state index contributed by atoms with van der Waals surface area (Å²) in [6, 6.07) is 17.1. The molecule has 0 radical (unpaired) electrons. The van der Waals surface area contributed by atoms with Crippen LogP contribution >= 0.6 is 0 Å². The van der Waals surface area contributed by atoms with E-state index in [1.54, 1.807) is 72.4 Å². The van der Waals surface area contributed by atoms with Crippen molar-refractivity contribution in [2.75, 3.05) is 0 Å². The Morgan fingerprint density at radius 3 is 2.48 bits per heavy atom. The van der Waals surface area contributed by atoms with Gasteiger partial charge in [0.1, 0.15) is 6.67 Å². The number of aromatic nitrogens is 4. The highest BCUT2D eigenvalue weighted by Gasteiger charge is 2.20. The monoisotopic (exact) mass is 415 g/mol. The summed E-state index contributed by atoms with van der Waals surface area (Å²) >= 11 is 0. The van der Waals surface area contributed by atoms with Gasteiger partial charge in [-0.2, -0.15) is 10.4 Å². The minimum atomic E-state index is -0.661. The first kappa shape index (κ1) is 20.0. The van der Waals surface area contributed by atoms with E-state index in [9.17, 15) is 14.0 Å². The SMILES string of the molecule is Cc1c(-c2ccnn2-c2ccc(C#N)cc2)c(=O)n(C)c(=O)n1-c1cccc(CF)c1. The van der Waals surface area contributed by atoms with Gasteiger partial charge >= 0.3 is 5.69 Å². The molecule has 8 heteroatoms. The van der Waals surface area contributed by atoms with Crippen molar-refractivity contribution in [3.05, 3.63) is 98.5 Å². The van der Waals surface area contributed by atoms with E-state index < -0.39 is 17.9 Å². The van der Waals surface area contributed by atoms with E-state index >= 15 is 0 Å². The summed E-state index contributed by atoms with van der Waals surface area (Å²) in [6.07, 6.45) is 1.56. The van der Waals surface area contributed by atoms with Crippen LogP contribution in [-0.2, 0) is 13.7 Å². The molecule has 0 saturated carbocycles. The van der Waals surface area contributed by atoms with Gasteiger partial charge in [-0.3, -0.25) is 13.9 Å². The predicted molar refractivity (Wildman–Crippen MR) is 114 cm³/mol. The third kappa shape index (κ3) is 3.36. The molecule has 31 heavy (non-hydrogen) atoms. The van der Waals surface area contributed by atoms with Gasteiger partial charge in [0, 0.05) is 12.7 Å². The molecule has 0 spiro atoms. The first-order valence-electron chi connectivity index (χ1n) is 9.49. The Kier molecular flexibility index (Phi) is 5.09. The predicted octanol–water partition coefficient (Wildman–Crippen LogP) is 3.04. The zero-order chi connectivity index (χ0) is 22.1. The van der Waals surface area contributed by atoms with Gasteiger partial charge in [0.25, 0.3) is 5.56 Å². The van der Waals surface area contributed by atoms with Crippen molar-refractivity contribution < 1.29 is 4.39 Å². The van der Waals surface area contributed by atoms with Crippen LogP contribution in [0.1, 0.15) is 16.8 Å². The minimum Gasteiger partial charge on any atom is -0.268 e. The Labute approximate surface area is 176 Å². The van der Waals surface area contributed by atoms with Gasteiger partial charge in [0.05, 0.1) is 40.5 Å². The first-order chi connectivity index (χ1) is 15.0. The standard InChI is InChI=1S/C23H18FN5O2/c1-15-21(20-10-11-26-29(20)18-8-6-16(14-25)7-9-18)22(30)27(2)23(31)28(15)19-5-3-4-17(12-19)13-24/h3-12H,13H2,1-2H3. The number of hydrogen-bond acceptors (Lipinski definition) is 4. The summed E-state index contributed by atoms with van der Waals surface area (Å²) in [7, 11) is 1.41. The van der Waals surface area contributed by atoms with Crippen LogP contribution in [0.5, 0.6) is 0 Å². The van der Waals surface area contributed by atoms with Crippen LogP contribution in [0, 0.1) is 18.3 Å². The number of rotatable bonds is 4. The summed E-state index contributed by atoms with van der Waals surface area (Å²) < 4.78 is 17.2. The summed E-state index contributed by atoms with van der Waals surface area (Å²) in [5.74, 6) is 0. The van der Waals surface area contributed by atoms with Crippen molar-refractivity contribution in [2.24, 2.45) is 7.05 Å². The molecule has 2 heterocycles. The molecule has 0 bridgehead atoms. The maximum Gasteiger partial charge on any atom is 0.335 e. The van der Waals surface area contributed by atoms with Crippen molar-refractivity contribution in [1.29, 1.82) is 5.26 Å². The highest BCUT2D eigenvalue weighted by Crippen LogP contribution is 2.24. The maximum atomic E-state index is 13.2. The molecule has 7 nitrogen and oxygen atoms in total. The number of nitrogens with zero attached hydrogens (tertiary/aromatic N) is 5. The quantitative estimate of drug-likeness (QED) is 0.513. The van der Waals surface area contributed by atoms with Crippen LogP contribution in [0.3, 0.4) is 0 Å². The Bertz CT molecular complexity index is 1440. The average Bonchev–Trinajstić information content (AvgIpc) is 3.27. The van der Waals surface area contributed by atoms with Gasteiger partial charge in [-0.05, 0) is 55.0 Å². The van der Waals surface area contributed by atoms with Crippen LogP contribution in [-0.4, -0.2) is 18.9 Å². The maximum absolute atomic E-state index is 13.2. The van der Waals surface area contributed by atoms with Crippen LogP contribution in [0.2, 0.25) is 0 Å². The molecular formula is C23H18FN5O2. The van der Waals surface area contributed by atoms with Gasteiger partial charge in [0.15, 0.2) is 0 Å². The lowest BCUT2D eigenvalue weighted by Gasteiger charge is -2.17. The topological polar surface area (TPSA) is 85.6 Å². The molecule has 0 N–H and O–H groups in total. The van der Waals surface area contributed by atoms with Crippen LogP contribution in [0.15, 0.2) is 70.4 Å². The van der Waals surface area contributed by atoms with Crippen molar-refractivity contribution in [2.45, 2.75) is 13.6 Å². The Morgan fingerprint density at radius 2 is 1.81 bits per heavy atom. The largest absolute Gasteiger partial charge is 0.335 e. The van der Waals surface area contributed by atoms with Crippen molar-refractivity contribution in [1.82, 2.24) is 18.9 Å². The van der Waals surface area contributed by atoms with Crippen molar-refractivity contribution >= 4 is 0 Å². The highest BCUT2D eigenvalue weighted by molar-refractivity contribution is 5.64. The highest BCUT2D eigenvalue weighted by atomic mass is 19.1. The molecule has 2 aromatic carbocycles. The minimum absolute atomic E-state index is 0.301. The van der Waals surface area contributed by atoms with Gasteiger partial charge in [0.2, 0.25) is 0 Å². The zero-order valence-corrected chi connectivity index (χ0v) is 16.9. The van der Waals surface area contributed by atoms with Crippen LogP contribution < -0.4 is 11.2 Å². The fourth-order valence-corrected chi connectivity index (χ4v) is 3.57. The average molecular weight is 415 g/mol. The molecule has 0 atom stereocenters. The van der Waals surface area contributed by atoms with E-state index in [0.717, 1.165) is 4.57 Å². The van der Waals surface area contributed by atoms with E-state index in [2.05, 4.69) is 11.2 Å². The second kappa shape index (κ2) is 7.88. The number of benzene rings is 2. The molecule has 0 saturated heterocycles. The Morgan fingerprint density at radius 1 is 1.06 bits per heavy atom. The number of nitriles is 1. The fourth-order valence-electron chi connectivity index (χ4n) is 3.57. The van der Waals surface area contributed by atoms with Gasteiger partial charge in [-0.15, -0.1) is 0 Å². The molecule has 0 aliphatic rings. The fraction of sp³-hybridized carbons (Fsp3) is 0.130. The lowest BCUT2D eigenvalue weighted by atomic mass is 10.1. The Hall–Kier alpha value is -4.25. The van der Waals surface area contributed by atoms with Crippen molar-refractivity contribution in [3.63, 3.8) is 0 Å². The molecule has 4 rings (SSSR count). The third-order valence-corrected chi connectivity index (χ3v) is 5.16. The van der Waals surface area contributed by atoms with E-state index in [1.807, 2.05) is 0 Å². The second-order valence-electron chi connectivity index (χ2n) is 7.03. The third-order valence-electron chi connectivity index (χ3n) is 5.16. The summed E-state index contributed by atoms with van der Waals surface area (Å²) in [4.78, 5) is 26.0. The Balaban J connectivity index is 1.98. The van der Waals surface area contributed by atoms with Crippen LogP contribution in [0.4, 0.5) is 4.39 Å². The molecule has 2 aromatic heterocycles. The molecule has 154 valence electrons. The molecule has 0 aliphatic carbocycles. The molecule has 0 fully saturated rings. The summed E-state index contributed by atoms with van der Waals surface area (Å²) in [5.41, 5.74) is 2.30. The smallest absolute Gasteiger partial charge is 0.268 e. The normalized spacial score (nSPS) is 10.8. The van der Waals surface area contributed by atoms with Gasteiger partial charge in [-0.1, -0.05) is 12.1 Å². The van der Waals surface area contributed by atoms with E-state index in [-0.39, 0.29) is 0 Å². The second-order valence-corrected chi connectivity index (χ2v) is 7.03. The van der Waals surface area contributed by atoms with Crippen molar-refractivity contribution in [3.8, 4) is 28.7 Å². The summed E-state index contributed by atoms with van der Waals surface area (Å²) in [6.45, 7) is 1.02. The molecule has 0 unspecified atom stereocenters. The molecule has 0 aliphatic heterocycles. The number of alkyl halides is 1. The zero-order valence-electron chi connectivity index (χ0n) is 16.9. The first-order valence-corrected chi connectivity index (χ1v) is 9.49. The van der Waals surface area contributed by atoms with Gasteiger partial charge in [-0.25, -0.2) is 13.9 Å². The van der Waals surface area contributed by atoms with Gasteiger partial charge < -0.3 is 0 Å². The van der Waals surface area contributed by atoms with E-state index in [0.29, 0.717) is 39.5 Å². The lowest BCUT2D eigenvalue weighted by Crippen LogP contribution is -2.40. The summed E-state index contributed by atoms with van der Waals surface area (Å²) in [5, 5.41) is 13.4. The molecule has 0 amide bonds.